The molecule has 2 aliphatic rings. The van der Waals surface area contributed by atoms with Gasteiger partial charge in [-0.25, -0.2) is 0 Å². The summed E-state index contributed by atoms with van der Waals surface area (Å²) in [6.07, 6.45) is 4.08. The van der Waals surface area contributed by atoms with E-state index in [9.17, 15) is 4.79 Å². The van der Waals surface area contributed by atoms with E-state index in [2.05, 4.69) is 15.5 Å². The number of aliphatic imine (C=N–C) groups is 1. The van der Waals surface area contributed by atoms with E-state index in [0.29, 0.717) is 18.2 Å². The van der Waals surface area contributed by atoms with Crippen LogP contribution in [0.5, 0.6) is 0 Å². The third-order valence-electron chi connectivity index (χ3n) is 5.65. The number of ketones is 1. The van der Waals surface area contributed by atoms with Crippen molar-refractivity contribution in [2.45, 2.75) is 44.2 Å². The number of rotatable bonds is 4. The molecule has 1 atom stereocenters. The fourth-order valence-electron chi connectivity index (χ4n) is 4.15. The van der Waals surface area contributed by atoms with E-state index in [1.165, 1.54) is 12.8 Å². The van der Waals surface area contributed by atoms with Gasteiger partial charge >= 0.3 is 6.01 Å². The predicted octanol–water partition coefficient (Wildman–Crippen LogP) is 4.13. The fraction of sp³-hybridized carbons (Fsp3) is 0.304. The van der Waals surface area contributed by atoms with Crippen molar-refractivity contribution < 1.29 is 9.21 Å². The number of carbonyl (C=O) groups is 1. The molecule has 6 nitrogen and oxygen atoms in total. The highest BCUT2D eigenvalue weighted by atomic mass is 16.4. The molecule has 1 fully saturated rings. The summed E-state index contributed by atoms with van der Waals surface area (Å²) >= 11 is 0. The number of aromatic nitrogens is 2. The molecule has 0 spiro atoms. The van der Waals surface area contributed by atoms with Crippen molar-refractivity contribution in [1.29, 1.82) is 0 Å². The van der Waals surface area contributed by atoms with Gasteiger partial charge in [0.25, 0.3) is 0 Å². The summed E-state index contributed by atoms with van der Waals surface area (Å²) < 4.78 is 5.82. The van der Waals surface area contributed by atoms with Crippen molar-refractivity contribution in [3.63, 3.8) is 0 Å². The molecule has 1 aliphatic heterocycles. The minimum atomic E-state index is -0.769. The van der Waals surface area contributed by atoms with Crippen LogP contribution in [0.3, 0.4) is 0 Å². The van der Waals surface area contributed by atoms with Crippen LogP contribution in [0, 0.1) is 0 Å². The van der Waals surface area contributed by atoms with Crippen molar-refractivity contribution >= 4 is 17.5 Å². The maximum Gasteiger partial charge on any atom is 0.317 e. The molecule has 1 aliphatic carbocycles. The van der Waals surface area contributed by atoms with Crippen LogP contribution in [0.15, 0.2) is 64.0 Å². The lowest BCUT2D eigenvalue weighted by molar-refractivity contribution is -0.119. The zero-order chi connectivity index (χ0) is 19.6. The molecule has 1 N–H and O–H groups in total. The summed E-state index contributed by atoms with van der Waals surface area (Å²) in [6.45, 7) is 0. The fourth-order valence-corrected chi connectivity index (χ4v) is 4.15. The van der Waals surface area contributed by atoms with E-state index in [0.717, 1.165) is 35.2 Å². The second-order valence-corrected chi connectivity index (χ2v) is 7.62. The molecule has 3 aromatic rings. The summed E-state index contributed by atoms with van der Waals surface area (Å²) in [6, 6.07) is 18.1. The van der Waals surface area contributed by atoms with Gasteiger partial charge in [0.2, 0.25) is 5.89 Å². The molecule has 1 saturated carbocycles. The van der Waals surface area contributed by atoms with Gasteiger partial charge in [0.15, 0.2) is 11.9 Å². The van der Waals surface area contributed by atoms with Crippen molar-refractivity contribution in [3.05, 3.63) is 77.2 Å². The van der Waals surface area contributed by atoms with Crippen LogP contribution in [0.25, 0.3) is 0 Å². The number of nitrogens with zero attached hydrogens (tertiary/aromatic N) is 3. The highest BCUT2D eigenvalue weighted by Crippen LogP contribution is 2.34. The molecular weight excluding hydrogens is 364 g/mol. The molecule has 5 rings (SSSR count). The van der Waals surface area contributed by atoms with Gasteiger partial charge in [-0.1, -0.05) is 72.5 Å². The normalized spacial score (nSPS) is 19.5. The number of nitrogens with one attached hydrogen (secondary N) is 1. The topological polar surface area (TPSA) is 80.4 Å². The highest BCUT2D eigenvalue weighted by molar-refractivity contribution is 6.16. The van der Waals surface area contributed by atoms with E-state index in [1.54, 1.807) is 0 Å². The Bertz CT molecular complexity index is 1050. The summed E-state index contributed by atoms with van der Waals surface area (Å²) in [5.41, 5.74) is 3.72. The molecular formula is C23H22N4O2. The SMILES string of the molecule is O=C1Cc2ccccc2C(c2ccccc2)=NC1Nc1nnc(C2CCCC2)o1. The quantitative estimate of drug-likeness (QED) is 0.729. The molecule has 0 radical (unpaired) electrons. The van der Waals surface area contributed by atoms with Gasteiger partial charge in [-0.2, -0.15) is 0 Å². The minimum absolute atomic E-state index is 0.0241. The Kier molecular flexibility index (Phi) is 4.68. The van der Waals surface area contributed by atoms with Crippen LogP contribution >= 0.6 is 0 Å². The third-order valence-corrected chi connectivity index (χ3v) is 5.65. The van der Waals surface area contributed by atoms with Gasteiger partial charge < -0.3 is 9.73 Å². The first-order valence-corrected chi connectivity index (χ1v) is 10.1. The molecule has 0 amide bonds. The number of carbonyl (C=O) groups excluding carboxylic acids is 1. The van der Waals surface area contributed by atoms with Gasteiger partial charge in [-0.3, -0.25) is 9.79 Å². The van der Waals surface area contributed by atoms with Crippen LogP contribution in [0.1, 0.15) is 54.2 Å². The van der Waals surface area contributed by atoms with Gasteiger partial charge in [-0.15, -0.1) is 5.10 Å². The molecule has 29 heavy (non-hydrogen) atoms. The number of benzene rings is 2. The predicted molar refractivity (Wildman–Crippen MR) is 110 cm³/mol. The number of hydrogen-bond donors (Lipinski definition) is 1. The van der Waals surface area contributed by atoms with Gasteiger partial charge in [-0.05, 0) is 18.4 Å². The van der Waals surface area contributed by atoms with E-state index in [4.69, 9.17) is 9.41 Å². The molecule has 1 unspecified atom stereocenters. The molecule has 2 heterocycles. The van der Waals surface area contributed by atoms with Crippen molar-refractivity contribution in [2.24, 2.45) is 4.99 Å². The average Bonchev–Trinajstić information content (AvgIpc) is 3.42. The zero-order valence-corrected chi connectivity index (χ0v) is 16.0. The van der Waals surface area contributed by atoms with E-state index in [-0.39, 0.29) is 11.8 Å². The summed E-state index contributed by atoms with van der Waals surface area (Å²) in [7, 11) is 0. The van der Waals surface area contributed by atoms with Crippen LogP contribution in [0.4, 0.5) is 6.01 Å². The van der Waals surface area contributed by atoms with Crippen molar-refractivity contribution in [3.8, 4) is 0 Å². The molecule has 2 aromatic carbocycles. The van der Waals surface area contributed by atoms with Gasteiger partial charge in [0, 0.05) is 23.5 Å². The lowest BCUT2D eigenvalue weighted by Crippen LogP contribution is -2.29. The second kappa shape index (κ2) is 7.62. The molecule has 0 saturated heterocycles. The first-order valence-electron chi connectivity index (χ1n) is 10.1. The molecule has 0 bridgehead atoms. The Labute approximate surface area is 169 Å². The van der Waals surface area contributed by atoms with Crippen molar-refractivity contribution in [2.75, 3.05) is 5.32 Å². The third kappa shape index (κ3) is 3.58. The zero-order valence-electron chi connectivity index (χ0n) is 16.0. The second-order valence-electron chi connectivity index (χ2n) is 7.62. The summed E-state index contributed by atoms with van der Waals surface area (Å²) in [4.78, 5) is 17.8. The lowest BCUT2D eigenvalue weighted by Gasteiger charge is -2.12. The Balaban J connectivity index is 1.49. The van der Waals surface area contributed by atoms with Gasteiger partial charge in [0.05, 0.1) is 5.71 Å². The van der Waals surface area contributed by atoms with Gasteiger partial charge in [0.1, 0.15) is 0 Å². The van der Waals surface area contributed by atoms with Crippen LogP contribution in [-0.2, 0) is 11.2 Å². The maximum atomic E-state index is 13.0. The Hall–Kier alpha value is -3.28. The minimum Gasteiger partial charge on any atom is -0.408 e. The average molecular weight is 386 g/mol. The maximum absolute atomic E-state index is 13.0. The summed E-state index contributed by atoms with van der Waals surface area (Å²) in [5, 5.41) is 11.4. The standard InChI is InChI=1S/C23H22N4O2/c28-19-14-17-12-6-7-13-18(17)20(15-8-2-1-3-9-15)24-21(19)25-23-27-26-22(29-23)16-10-4-5-11-16/h1-3,6-9,12-13,16,21H,4-5,10-11,14H2,(H,25,27). The lowest BCUT2D eigenvalue weighted by atomic mass is 9.96. The van der Waals surface area contributed by atoms with Crippen LogP contribution < -0.4 is 5.32 Å². The summed E-state index contributed by atoms with van der Waals surface area (Å²) in [5.74, 6) is 0.959. The van der Waals surface area contributed by atoms with E-state index in [1.807, 2.05) is 54.6 Å². The Morgan fingerprint density at radius 2 is 1.69 bits per heavy atom. The van der Waals surface area contributed by atoms with E-state index >= 15 is 0 Å². The number of anilines is 1. The first-order chi connectivity index (χ1) is 14.3. The molecule has 146 valence electrons. The Morgan fingerprint density at radius 1 is 0.931 bits per heavy atom. The van der Waals surface area contributed by atoms with E-state index < -0.39 is 6.17 Å². The monoisotopic (exact) mass is 386 g/mol. The van der Waals surface area contributed by atoms with Crippen LogP contribution in [-0.4, -0.2) is 27.9 Å². The first kappa shape index (κ1) is 17.8. The number of fused-ring (bicyclic) bond motifs is 1. The number of hydrogen-bond acceptors (Lipinski definition) is 6. The molecule has 1 aromatic heterocycles. The Morgan fingerprint density at radius 3 is 2.52 bits per heavy atom. The largest absolute Gasteiger partial charge is 0.408 e. The van der Waals surface area contributed by atoms with Crippen molar-refractivity contribution in [1.82, 2.24) is 10.2 Å². The highest BCUT2D eigenvalue weighted by Gasteiger charge is 2.28. The molecule has 6 heteroatoms. The van der Waals surface area contributed by atoms with Crippen LogP contribution in [0.2, 0.25) is 0 Å². The smallest absolute Gasteiger partial charge is 0.317 e. The number of Topliss-reactive ketones (excluding diaryl/α,β-unsaturated/α-hetero) is 1.